The molecule has 0 aliphatic rings. The minimum atomic E-state index is 0.807. The highest BCUT2D eigenvalue weighted by molar-refractivity contribution is 4.65. The summed E-state index contributed by atoms with van der Waals surface area (Å²) in [6, 6.07) is 1.63. The van der Waals surface area contributed by atoms with Crippen molar-refractivity contribution in [3.63, 3.8) is 0 Å². The first-order chi connectivity index (χ1) is 10.4. The number of rotatable bonds is 12. The number of nitrogens with zero attached hydrogens (tertiary/aromatic N) is 2. The zero-order chi connectivity index (χ0) is 17.4. The van der Waals surface area contributed by atoms with E-state index in [-0.39, 0.29) is 0 Å². The first-order valence-electron chi connectivity index (χ1n) is 9.77. The van der Waals surface area contributed by atoms with Crippen molar-refractivity contribution in [1.82, 2.24) is 9.80 Å². The normalized spacial score (nSPS) is 13.9. The molecule has 0 aromatic carbocycles. The maximum absolute atomic E-state index is 2.36. The van der Waals surface area contributed by atoms with E-state index >= 15 is 0 Å². The fraction of sp³-hybridized carbons (Fsp3) is 1.00. The van der Waals surface area contributed by atoms with Gasteiger partial charge in [0.2, 0.25) is 0 Å². The van der Waals surface area contributed by atoms with Crippen LogP contribution >= 0.6 is 0 Å². The van der Waals surface area contributed by atoms with Crippen LogP contribution in [0.3, 0.4) is 0 Å². The Balaban J connectivity index is 0. The molecule has 0 radical (unpaired) electrons. The fourth-order valence-electron chi connectivity index (χ4n) is 2.89. The smallest absolute Gasteiger partial charge is 0.00890 e. The third-order valence-corrected chi connectivity index (χ3v) is 4.59. The van der Waals surface area contributed by atoms with E-state index in [4.69, 9.17) is 0 Å². The van der Waals surface area contributed by atoms with Crippen molar-refractivity contribution in [3.05, 3.63) is 0 Å². The van der Waals surface area contributed by atoms with Crippen LogP contribution in [0.15, 0.2) is 0 Å². The van der Waals surface area contributed by atoms with Gasteiger partial charge in [0.25, 0.3) is 0 Å². The summed E-state index contributed by atoms with van der Waals surface area (Å²) in [6.07, 6.45) is 13.5. The summed E-state index contributed by atoms with van der Waals surface area (Å²) in [5, 5.41) is 0. The van der Waals surface area contributed by atoms with E-state index in [0.717, 1.165) is 12.1 Å². The van der Waals surface area contributed by atoms with Crippen molar-refractivity contribution in [2.45, 2.75) is 104 Å². The molecule has 0 N–H and O–H groups in total. The monoisotopic (exact) mass is 314 g/mol. The first-order valence-corrected chi connectivity index (χ1v) is 9.77. The highest BCUT2D eigenvalue weighted by Gasteiger charge is 2.08. The zero-order valence-corrected chi connectivity index (χ0v) is 17.1. The van der Waals surface area contributed by atoms with Gasteiger partial charge in [-0.2, -0.15) is 0 Å². The molecule has 2 heteroatoms. The quantitative estimate of drug-likeness (QED) is 0.419. The van der Waals surface area contributed by atoms with E-state index in [1.54, 1.807) is 0 Å². The molecule has 0 saturated carbocycles. The molecule has 0 bridgehead atoms. The van der Waals surface area contributed by atoms with Crippen LogP contribution in [0.1, 0.15) is 91.9 Å². The molecule has 0 spiro atoms. The molecular formula is C20H46N2. The molecule has 2 unspecified atom stereocenters. The average molecular weight is 315 g/mol. The van der Waals surface area contributed by atoms with E-state index < -0.39 is 0 Å². The molecule has 2 atom stereocenters. The Labute approximate surface area is 142 Å². The van der Waals surface area contributed by atoms with Crippen LogP contribution in [0, 0.1) is 0 Å². The van der Waals surface area contributed by atoms with Crippen molar-refractivity contribution in [3.8, 4) is 0 Å². The Kier molecular flexibility index (Phi) is 19.0. The molecule has 0 aliphatic heterocycles. The van der Waals surface area contributed by atoms with Gasteiger partial charge >= 0.3 is 0 Å². The summed E-state index contributed by atoms with van der Waals surface area (Å²) in [5.41, 5.74) is 0. The molecule has 2 nitrogen and oxygen atoms in total. The van der Waals surface area contributed by atoms with Crippen LogP contribution in [0.25, 0.3) is 0 Å². The largest absolute Gasteiger partial charge is 0.306 e. The van der Waals surface area contributed by atoms with Gasteiger partial charge in [0.05, 0.1) is 0 Å². The van der Waals surface area contributed by atoms with Crippen LogP contribution in [0.5, 0.6) is 0 Å². The lowest BCUT2D eigenvalue weighted by Crippen LogP contribution is -2.27. The van der Waals surface area contributed by atoms with Gasteiger partial charge in [-0.05, 0) is 53.9 Å². The number of hydrogen-bond acceptors (Lipinski definition) is 2. The lowest BCUT2D eigenvalue weighted by atomic mass is 10.0. The van der Waals surface area contributed by atoms with Gasteiger partial charge in [-0.3, -0.25) is 0 Å². The second-order valence-corrected chi connectivity index (χ2v) is 7.07. The molecule has 0 heterocycles. The Hall–Kier alpha value is -0.0800. The molecule has 0 saturated heterocycles. The van der Waals surface area contributed by atoms with Crippen molar-refractivity contribution >= 4 is 0 Å². The van der Waals surface area contributed by atoms with Gasteiger partial charge in [0.1, 0.15) is 0 Å². The summed E-state index contributed by atoms with van der Waals surface area (Å²) in [5.74, 6) is 0. The Morgan fingerprint density at radius 2 is 1.05 bits per heavy atom. The van der Waals surface area contributed by atoms with E-state index in [2.05, 4.69) is 65.7 Å². The minimum absolute atomic E-state index is 0.807. The predicted octanol–water partition coefficient (Wildman–Crippen LogP) is 5.81. The average Bonchev–Trinajstić information content (AvgIpc) is 2.48. The van der Waals surface area contributed by atoms with E-state index in [0.29, 0.717) is 0 Å². The Bertz CT molecular complexity index is 202. The summed E-state index contributed by atoms with van der Waals surface area (Å²) in [4.78, 5) is 4.70. The lowest BCUT2D eigenvalue weighted by molar-refractivity contribution is 0.257. The molecule has 22 heavy (non-hydrogen) atoms. The maximum atomic E-state index is 2.36. The molecule has 0 aliphatic carbocycles. The van der Waals surface area contributed by atoms with Crippen LogP contribution in [0.4, 0.5) is 0 Å². The molecule has 0 aromatic heterocycles. The SMILES string of the molecule is CCCCC(CCC)N(C)C.CCCCCC(CC)N(C)C. The Morgan fingerprint density at radius 1 is 0.545 bits per heavy atom. The molecule has 0 amide bonds. The van der Waals surface area contributed by atoms with E-state index in [1.165, 1.54) is 64.2 Å². The van der Waals surface area contributed by atoms with E-state index in [1.807, 2.05) is 0 Å². The second kappa shape index (κ2) is 17.3. The highest BCUT2D eigenvalue weighted by Crippen LogP contribution is 2.11. The topological polar surface area (TPSA) is 6.48 Å². The van der Waals surface area contributed by atoms with Gasteiger partial charge in [-0.1, -0.05) is 66.2 Å². The zero-order valence-electron chi connectivity index (χ0n) is 17.1. The maximum Gasteiger partial charge on any atom is 0.00890 e. The van der Waals surface area contributed by atoms with Crippen molar-refractivity contribution in [2.24, 2.45) is 0 Å². The van der Waals surface area contributed by atoms with Crippen molar-refractivity contribution in [2.75, 3.05) is 28.2 Å². The van der Waals surface area contributed by atoms with Gasteiger partial charge in [0.15, 0.2) is 0 Å². The molecule has 136 valence electrons. The molecule has 0 fully saturated rings. The standard InChI is InChI=1S/2C10H23N/c1-5-7-8-9-10(6-2)11(3)4;1-5-7-9-10(8-6-2)11(3)4/h2*10H,5-9H2,1-4H3. The Morgan fingerprint density at radius 3 is 1.41 bits per heavy atom. The van der Waals surface area contributed by atoms with E-state index in [9.17, 15) is 0 Å². The number of unbranched alkanes of at least 4 members (excludes halogenated alkanes) is 3. The van der Waals surface area contributed by atoms with Crippen LogP contribution in [-0.2, 0) is 0 Å². The lowest BCUT2D eigenvalue weighted by Gasteiger charge is -2.23. The van der Waals surface area contributed by atoms with Crippen molar-refractivity contribution in [1.29, 1.82) is 0 Å². The van der Waals surface area contributed by atoms with Crippen LogP contribution in [-0.4, -0.2) is 50.1 Å². The fourth-order valence-corrected chi connectivity index (χ4v) is 2.89. The molecule has 0 rings (SSSR count). The van der Waals surface area contributed by atoms with Crippen molar-refractivity contribution < 1.29 is 0 Å². The highest BCUT2D eigenvalue weighted by atomic mass is 15.1. The second-order valence-electron chi connectivity index (χ2n) is 7.07. The summed E-state index contributed by atoms with van der Waals surface area (Å²) < 4.78 is 0. The minimum Gasteiger partial charge on any atom is -0.306 e. The summed E-state index contributed by atoms with van der Waals surface area (Å²) in [6.45, 7) is 9.06. The third-order valence-electron chi connectivity index (χ3n) is 4.59. The number of hydrogen-bond donors (Lipinski definition) is 0. The van der Waals surface area contributed by atoms with Gasteiger partial charge in [0, 0.05) is 12.1 Å². The predicted molar refractivity (Wildman–Crippen MR) is 104 cm³/mol. The summed E-state index contributed by atoms with van der Waals surface area (Å²) in [7, 11) is 8.74. The third kappa shape index (κ3) is 14.8. The van der Waals surface area contributed by atoms with Gasteiger partial charge in [-0.25, -0.2) is 0 Å². The first kappa shape index (κ1) is 24.2. The van der Waals surface area contributed by atoms with Crippen LogP contribution in [0.2, 0.25) is 0 Å². The van der Waals surface area contributed by atoms with Gasteiger partial charge < -0.3 is 9.80 Å². The molecule has 0 aromatic rings. The summed E-state index contributed by atoms with van der Waals surface area (Å²) >= 11 is 0. The molecular weight excluding hydrogens is 268 g/mol. The van der Waals surface area contributed by atoms with Crippen LogP contribution < -0.4 is 0 Å². The van der Waals surface area contributed by atoms with Gasteiger partial charge in [-0.15, -0.1) is 0 Å².